The number of imidazole rings is 1. The van der Waals surface area contributed by atoms with Crippen molar-refractivity contribution in [2.45, 2.75) is 26.9 Å². The highest BCUT2D eigenvalue weighted by Gasteiger charge is 2.04. The Morgan fingerprint density at radius 3 is 2.83 bits per heavy atom. The van der Waals surface area contributed by atoms with Crippen LogP contribution in [-0.4, -0.2) is 30.9 Å². The molecule has 0 radical (unpaired) electrons. The van der Waals surface area contributed by atoms with Crippen LogP contribution in [0.25, 0.3) is 0 Å². The molecule has 98 valence electrons. The van der Waals surface area contributed by atoms with Crippen LogP contribution >= 0.6 is 0 Å². The number of nitrogens with zero attached hydrogens (tertiary/aromatic N) is 5. The van der Waals surface area contributed by atoms with E-state index in [-0.39, 0.29) is 0 Å². The summed E-state index contributed by atoms with van der Waals surface area (Å²) in [5, 5.41) is 11.3. The second kappa shape index (κ2) is 5.77. The molecule has 2 rings (SSSR count). The molecule has 6 heteroatoms. The maximum atomic E-state index is 4.37. The summed E-state index contributed by atoms with van der Waals surface area (Å²) in [7, 11) is 1.94. The molecule has 0 unspecified atom stereocenters. The minimum absolute atomic E-state index is 0.658. The zero-order valence-electron chi connectivity index (χ0n) is 11.2. The summed E-state index contributed by atoms with van der Waals surface area (Å²) < 4.78 is 3.94. The summed E-state index contributed by atoms with van der Waals surface area (Å²) in [5.41, 5.74) is 1.05. The summed E-state index contributed by atoms with van der Waals surface area (Å²) in [6.07, 6.45) is 5.58. The third kappa shape index (κ3) is 3.40. The molecule has 0 aliphatic heterocycles. The third-order valence-corrected chi connectivity index (χ3v) is 2.67. The average molecular weight is 248 g/mol. The fraction of sp³-hybridized carbons (Fsp3) is 0.583. The zero-order valence-corrected chi connectivity index (χ0v) is 11.2. The van der Waals surface area contributed by atoms with Crippen molar-refractivity contribution in [2.24, 2.45) is 13.0 Å². The molecular formula is C12H20N6. The topological polar surface area (TPSA) is 60.6 Å². The Balaban J connectivity index is 1.88. The molecule has 0 saturated carbocycles. The van der Waals surface area contributed by atoms with Crippen molar-refractivity contribution >= 4 is 0 Å². The highest BCUT2D eigenvalue weighted by atomic mass is 15.3. The van der Waals surface area contributed by atoms with Gasteiger partial charge in [-0.1, -0.05) is 13.8 Å². The van der Waals surface area contributed by atoms with Crippen molar-refractivity contribution in [3.05, 3.63) is 30.4 Å². The predicted octanol–water partition coefficient (Wildman–Crippen LogP) is 0.805. The SMILES string of the molecule is CC(C)CNCc1cn(Cc2nncn2C)cn1. The first-order valence-electron chi connectivity index (χ1n) is 6.19. The molecule has 0 aromatic carbocycles. The number of aryl methyl sites for hydroxylation is 1. The van der Waals surface area contributed by atoms with E-state index >= 15 is 0 Å². The van der Waals surface area contributed by atoms with Gasteiger partial charge in [-0.2, -0.15) is 0 Å². The van der Waals surface area contributed by atoms with Gasteiger partial charge in [0, 0.05) is 19.8 Å². The van der Waals surface area contributed by atoms with Gasteiger partial charge in [-0.15, -0.1) is 10.2 Å². The molecule has 0 atom stereocenters. The van der Waals surface area contributed by atoms with Gasteiger partial charge < -0.3 is 14.5 Å². The van der Waals surface area contributed by atoms with Gasteiger partial charge in [0.25, 0.3) is 0 Å². The van der Waals surface area contributed by atoms with E-state index in [2.05, 4.69) is 34.3 Å². The van der Waals surface area contributed by atoms with Crippen LogP contribution in [0.2, 0.25) is 0 Å². The van der Waals surface area contributed by atoms with Crippen LogP contribution in [0, 0.1) is 5.92 Å². The van der Waals surface area contributed by atoms with Gasteiger partial charge in [0.05, 0.1) is 18.6 Å². The summed E-state index contributed by atoms with van der Waals surface area (Å²) in [6.45, 7) is 6.91. The van der Waals surface area contributed by atoms with Gasteiger partial charge in [0.1, 0.15) is 6.33 Å². The first kappa shape index (κ1) is 12.8. The summed E-state index contributed by atoms with van der Waals surface area (Å²) in [6, 6.07) is 0. The Morgan fingerprint density at radius 1 is 1.33 bits per heavy atom. The Kier molecular flexibility index (Phi) is 4.09. The smallest absolute Gasteiger partial charge is 0.152 e. The number of hydrogen-bond acceptors (Lipinski definition) is 4. The summed E-state index contributed by atoms with van der Waals surface area (Å²) in [5.74, 6) is 1.58. The molecule has 6 nitrogen and oxygen atoms in total. The summed E-state index contributed by atoms with van der Waals surface area (Å²) >= 11 is 0. The van der Waals surface area contributed by atoms with Gasteiger partial charge in [0.2, 0.25) is 0 Å². The minimum Gasteiger partial charge on any atom is -0.329 e. The first-order valence-corrected chi connectivity index (χ1v) is 6.19. The Bertz CT molecular complexity index is 484. The van der Waals surface area contributed by atoms with Gasteiger partial charge in [-0.25, -0.2) is 4.98 Å². The van der Waals surface area contributed by atoms with Crippen molar-refractivity contribution in [3.8, 4) is 0 Å². The number of hydrogen-bond donors (Lipinski definition) is 1. The van der Waals surface area contributed by atoms with Crippen LogP contribution in [0.4, 0.5) is 0 Å². The van der Waals surface area contributed by atoms with Crippen molar-refractivity contribution in [1.29, 1.82) is 0 Å². The lowest BCUT2D eigenvalue weighted by Crippen LogP contribution is -2.19. The first-order chi connectivity index (χ1) is 8.65. The monoisotopic (exact) mass is 248 g/mol. The lowest BCUT2D eigenvalue weighted by molar-refractivity contribution is 0.548. The van der Waals surface area contributed by atoms with Gasteiger partial charge in [-0.3, -0.25) is 0 Å². The Labute approximate surface area is 107 Å². The fourth-order valence-electron chi connectivity index (χ4n) is 1.69. The van der Waals surface area contributed by atoms with Crippen LogP contribution in [0.1, 0.15) is 25.4 Å². The van der Waals surface area contributed by atoms with Crippen LogP contribution < -0.4 is 5.32 Å². The molecule has 0 aliphatic carbocycles. The van der Waals surface area contributed by atoms with Crippen molar-refractivity contribution in [3.63, 3.8) is 0 Å². The normalized spacial score (nSPS) is 11.3. The zero-order chi connectivity index (χ0) is 13.0. The van der Waals surface area contributed by atoms with E-state index in [4.69, 9.17) is 0 Å². The van der Waals surface area contributed by atoms with Crippen molar-refractivity contribution in [2.75, 3.05) is 6.54 Å². The maximum Gasteiger partial charge on any atom is 0.152 e. The van der Waals surface area contributed by atoms with Gasteiger partial charge in [0.15, 0.2) is 5.82 Å². The van der Waals surface area contributed by atoms with Crippen LogP contribution in [-0.2, 0) is 20.1 Å². The van der Waals surface area contributed by atoms with E-state index in [0.717, 1.165) is 24.6 Å². The van der Waals surface area contributed by atoms with Crippen molar-refractivity contribution < 1.29 is 0 Å². The maximum absolute atomic E-state index is 4.37. The molecule has 2 aromatic rings. The molecule has 18 heavy (non-hydrogen) atoms. The van der Waals surface area contributed by atoms with Crippen LogP contribution in [0.3, 0.4) is 0 Å². The molecule has 2 aromatic heterocycles. The Hall–Kier alpha value is -1.69. The van der Waals surface area contributed by atoms with Crippen LogP contribution in [0.5, 0.6) is 0 Å². The lowest BCUT2D eigenvalue weighted by atomic mass is 10.2. The molecule has 0 spiro atoms. The average Bonchev–Trinajstić information content (AvgIpc) is 2.90. The molecule has 0 aliphatic rings. The Morgan fingerprint density at radius 2 is 2.17 bits per heavy atom. The van der Waals surface area contributed by atoms with E-state index in [0.29, 0.717) is 12.5 Å². The molecule has 2 heterocycles. The largest absolute Gasteiger partial charge is 0.329 e. The number of nitrogens with one attached hydrogen (secondary N) is 1. The second-order valence-electron chi connectivity index (χ2n) is 4.92. The van der Waals surface area contributed by atoms with Crippen LogP contribution in [0.15, 0.2) is 18.9 Å². The quantitative estimate of drug-likeness (QED) is 0.821. The highest BCUT2D eigenvalue weighted by molar-refractivity contribution is 4.98. The minimum atomic E-state index is 0.658. The number of rotatable bonds is 6. The van der Waals surface area contributed by atoms with E-state index in [1.165, 1.54) is 0 Å². The van der Waals surface area contributed by atoms with E-state index in [1.807, 2.05) is 28.7 Å². The predicted molar refractivity (Wildman–Crippen MR) is 68.9 cm³/mol. The molecule has 0 saturated heterocycles. The number of aromatic nitrogens is 5. The molecular weight excluding hydrogens is 228 g/mol. The fourth-order valence-corrected chi connectivity index (χ4v) is 1.69. The standard InChI is InChI=1S/C12H20N6/c1-10(2)4-13-5-11-6-18(8-14-11)7-12-16-15-9-17(12)3/h6,8-10,13H,4-5,7H2,1-3H3. The summed E-state index contributed by atoms with van der Waals surface area (Å²) in [4.78, 5) is 4.37. The van der Waals surface area contributed by atoms with Gasteiger partial charge >= 0.3 is 0 Å². The van der Waals surface area contributed by atoms with Crippen molar-refractivity contribution in [1.82, 2.24) is 29.6 Å². The highest BCUT2D eigenvalue weighted by Crippen LogP contribution is 2.01. The molecule has 0 amide bonds. The molecule has 0 fully saturated rings. The molecule has 0 bridgehead atoms. The van der Waals surface area contributed by atoms with E-state index < -0.39 is 0 Å². The second-order valence-corrected chi connectivity index (χ2v) is 4.92. The van der Waals surface area contributed by atoms with E-state index in [1.54, 1.807) is 6.33 Å². The molecule has 1 N–H and O–H groups in total. The van der Waals surface area contributed by atoms with Gasteiger partial charge in [-0.05, 0) is 12.5 Å². The third-order valence-electron chi connectivity index (χ3n) is 2.67. The van der Waals surface area contributed by atoms with E-state index in [9.17, 15) is 0 Å². The lowest BCUT2D eigenvalue weighted by Gasteiger charge is -2.04.